The van der Waals surface area contributed by atoms with Crippen LogP contribution in [0.5, 0.6) is 0 Å². The summed E-state index contributed by atoms with van der Waals surface area (Å²) in [7, 11) is 1.70. The molecule has 0 unspecified atom stereocenters. The van der Waals surface area contributed by atoms with Crippen LogP contribution in [0.15, 0.2) is 47.4 Å². The first-order valence-electron chi connectivity index (χ1n) is 10.4. The summed E-state index contributed by atoms with van der Waals surface area (Å²) in [6, 6.07) is 11.3. The Morgan fingerprint density at radius 3 is 2.58 bits per heavy atom. The number of nitrogen functional groups attached to an aromatic ring is 2. The maximum atomic E-state index is 12.7. The standard InChI is InChI=1S/C23H28N6O2/c1-14-17(4-3-5-18(14)24)20-13-28(2)23(31)22(27-20)26-15-6-7-21(19(25)12-15)29-10-8-16(30)9-11-29/h3-7,12-13,16,30H,8-11,24-25H2,1-2H3,(H,26,27). The molecule has 6 N–H and O–H groups in total. The smallest absolute Gasteiger partial charge is 0.293 e. The van der Waals surface area contributed by atoms with Crippen molar-refractivity contribution in [2.75, 3.05) is 34.8 Å². The van der Waals surface area contributed by atoms with Crippen LogP contribution in [0.2, 0.25) is 0 Å². The van der Waals surface area contributed by atoms with Crippen LogP contribution < -0.4 is 27.2 Å². The van der Waals surface area contributed by atoms with Gasteiger partial charge in [0, 0.05) is 43.3 Å². The molecule has 1 aliphatic rings. The molecule has 0 aliphatic carbocycles. The zero-order chi connectivity index (χ0) is 22.1. The molecule has 1 aromatic heterocycles. The number of rotatable bonds is 4. The molecule has 0 amide bonds. The highest BCUT2D eigenvalue weighted by Crippen LogP contribution is 2.30. The van der Waals surface area contributed by atoms with E-state index in [4.69, 9.17) is 11.5 Å². The molecule has 8 heteroatoms. The molecule has 1 saturated heterocycles. The molecule has 0 bridgehead atoms. The molecule has 2 heterocycles. The molecule has 3 aromatic rings. The number of piperidine rings is 1. The SMILES string of the molecule is Cc1c(N)cccc1-c1cn(C)c(=O)c(Nc2ccc(N3CCC(O)CC3)c(N)c2)n1. The summed E-state index contributed by atoms with van der Waals surface area (Å²) in [6.45, 7) is 3.47. The van der Waals surface area contributed by atoms with Gasteiger partial charge in [0.15, 0.2) is 5.82 Å². The number of anilines is 5. The zero-order valence-electron chi connectivity index (χ0n) is 17.8. The Morgan fingerprint density at radius 1 is 1.13 bits per heavy atom. The average Bonchev–Trinajstić information content (AvgIpc) is 2.74. The number of aliphatic hydroxyl groups excluding tert-OH is 1. The highest BCUT2D eigenvalue weighted by molar-refractivity contribution is 5.75. The maximum absolute atomic E-state index is 12.7. The van der Waals surface area contributed by atoms with E-state index in [2.05, 4.69) is 15.2 Å². The van der Waals surface area contributed by atoms with Crippen molar-refractivity contribution in [2.24, 2.45) is 7.05 Å². The second-order valence-corrected chi connectivity index (χ2v) is 8.03. The predicted molar refractivity (Wildman–Crippen MR) is 126 cm³/mol. The quantitative estimate of drug-likeness (QED) is 0.479. The Balaban J connectivity index is 1.63. The lowest BCUT2D eigenvalue weighted by Crippen LogP contribution is -2.36. The van der Waals surface area contributed by atoms with Crippen LogP contribution in [0.4, 0.5) is 28.6 Å². The maximum Gasteiger partial charge on any atom is 0.293 e. The molecule has 1 aliphatic heterocycles. The van der Waals surface area contributed by atoms with Crippen LogP contribution in [0.1, 0.15) is 18.4 Å². The predicted octanol–water partition coefficient (Wildman–Crippen LogP) is 2.62. The van der Waals surface area contributed by atoms with E-state index in [-0.39, 0.29) is 17.5 Å². The van der Waals surface area contributed by atoms with Crippen LogP contribution >= 0.6 is 0 Å². The van der Waals surface area contributed by atoms with E-state index in [0.717, 1.165) is 42.7 Å². The molecule has 31 heavy (non-hydrogen) atoms. The molecule has 0 atom stereocenters. The second kappa shape index (κ2) is 8.31. The van der Waals surface area contributed by atoms with Crippen molar-refractivity contribution >= 4 is 28.6 Å². The van der Waals surface area contributed by atoms with Crippen molar-refractivity contribution in [3.05, 3.63) is 58.5 Å². The Labute approximate surface area is 181 Å². The fourth-order valence-corrected chi connectivity index (χ4v) is 3.91. The van der Waals surface area contributed by atoms with Gasteiger partial charge in [-0.05, 0) is 49.6 Å². The van der Waals surface area contributed by atoms with Gasteiger partial charge in [-0.2, -0.15) is 0 Å². The molecule has 4 rings (SSSR count). The van der Waals surface area contributed by atoms with Crippen molar-refractivity contribution in [1.82, 2.24) is 9.55 Å². The highest BCUT2D eigenvalue weighted by Gasteiger charge is 2.19. The number of aliphatic hydroxyl groups is 1. The van der Waals surface area contributed by atoms with E-state index in [1.54, 1.807) is 19.3 Å². The van der Waals surface area contributed by atoms with Crippen molar-refractivity contribution in [1.29, 1.82) is 0 Å². The zero-order valence-corrected chi connectivity index (χ0v) is 17.8. The topological polar surface area (TPSA) is 122 Å². The number of hydrogen-bond acceptors (Lipinski definition) is 7. The first-order valence-corrected chi connectivity index (χ1v) is 10.4. The van der Waals surface area contributed by atoms with Gasteiger partial charge in [0.25, 0.3) is 5.56 Å². The first kappa shape index (κ1) is 20.7. The third-order valence-electron chi connectivity index (χ3n) is 5.82. The summed E-state index contributed by atoms with van der Waals surface area (Å²) < 4.78 is 1.50. The van der Waals surface area contributed by atoms with Crippen LogP contribution in [0.3, 0.4) is 0 Å². The molecule has 162 valence electrons. The van der Waals surface area contributed by atoms with Gasteiger partial charge in [-0.1, -0.05) is 12.1 Å². The van der Waals surface area contributed by atoms with Gasteiger partial charge in [0.1, 0.15) is 0 Å². The molecule has 8 nitrogen and oxygen atoms in total. The third kappa shape index (κ3) is 4.20. The number of nitrogens with two attached hydrogens (primary N) is 2. The minimum atomic E-state index is -0.239. The fraction of sp³-hybridized carbons (Fsp3) is 0.304. The molecule has 1 fully saturated rings. The van der Waals surface area contributed by atoms with E-state index >= 15 is 0 Å². The van der Waals surface area contributed by atoms with E-state index in [1.165, 1.54) is 4.57 Å². The van der Waals surface area contributed by atoms with E-state index in [9.17, 15) is 9.90 Å². The van der Waals surface area contributed by atoms with Gasteiger partial charge in [0.2, 0.25) is 0 Å². The summed E-state index contributed by atoms with van der Waals surface area (Å²) in [4.78, 5) is 19.4. The van der Waals surface area contributed by atoms with Gasteiger partial charge in [0.05, 0.1) is 23.2 Å². The monoisotopic (exact) mass is 420 g/mol. The van der Waals surface area contributed by atoms with Gasteiger partial charge in [-0.25, -0.2) is 4.98 Å². The van der Waals surface area contributed by atoms with Crippen molar-refractivity contribution in [2.45, 2.75) is 25.9 Å². The molecule has 0 spiro atoms. The third-order valence-corrected chi connectivity index (χ3v) is 5.82. The van der Waals surface area contributed by atoms with E-state index in [1.807, 2.05) is 37.3 Å². The second-order valence-electron chi connectivity index (χ2n) is 8.03. The van der Waals surface area contributed by atoms with Crippen LogP contribution in [0.25, 0.3) is 11.3 Å². The summed E-state index contributed by atoms with van der Waals surface area (Å²) in [5, 5.41) is 12.8. The minimum absolute atomic E-state index is 0.218. The van der Waals surface area contributed by atoms with Crippen LogP contribution in [-0.4, -0.2) is 33.9 Å². The van der Waals surface area contributed by atoms with Crippen molar-refractivity contribution in [3.8, 4) is 11.3 Å². The van der Waals surface area contributed by atoms with Crippen molar-refractivity contribution in [3.63, 3.8) is 0 Å². The average molecular weight is 421 g/mol. The largest absolute Gasteiger partial charge is 0.398 e. The van der Waals surface area contributed by atoms with Gasteiger partial charge >= 0.3 is 0 Å². The van der Waals surface area contributed by atoms with Crippen LogP contribution in [0, 0.1) is 6.92 Å². The van der Waals surface area contributed by atoms with E-state index in [0.29, 0.717) is 22.8 Å². The summed E-state index contributed by atoms with van der Waals surface area (Å²) in [5.41, 5.74) is 17.5. The number of aromatic nitrogens is 2. The summed E-state index contributed by atoms with van der Waals surface area (Å²) >= 11 is 0. The molecular formula is C23H28N6O2. The first-order chi connectivity index (χ1) is 14.8. The summed E-state index contributed by atoms with van der Waals surface area (Å²) in [6.07, 6.45) is 2.93. The number of nitrogens with one attached hydrogen (secondary N) is 1. The number of benzene rings is 2. The Hall–Kier alpha value is -3.52. The molecule has 0 radical (unpaired) electrons. The molecule has 0 saturated carbocycles. The Morgan fingerprint density at radius 2 is 1.87 bits per heavy atom. The minimum Gasteiger partial charge on any atom is -0.398 e. The number of nitrogens with zero attached hydrogens (tertiary/aromatic N) is 3. The number of hydrogen-bond donors (Lipinski definition) is 4. The number of aryl methyl sites for hydroxylation is 1. The lowest BCUT2D eigenvalue weighted by molar-refractivity contribution is 0.145. The normalized spacial score (nSPS) is 14.6. The van der Waals surface area contributed by atoms with Crippen LogP contribution in [-0.2, 0) is 7.05 Å². The summed E-state index contributed by atoms with van der Waals surface area (Å²) in [5.74, 6) is 0.218. The van der Waals surface area contributed by atoms with Gasteiger partial charge in [-0.15, -0.1) is 0 Å². The fourth-order valence-electron chi connectivity index (χ4n) is 3.91. The molecular weight excluding hydrogens is 392 g/mol. The van der Waals surface area contributed by atoms with Gasteiger partial charge < -0.3 is 31.4 Å². The van der Waals surface area contributed by atoms with Gasteiger partial charge in [-0.3, -0.25) is 4.79 Å². The lowest BCUT2D eigenvalue weighted by Gasteiger charge is -2.32. The Bertz CT molecular complexity index is 1170. The van der Waals surface area contributed by atoms with Crippen molar-refractivity contribution < 1.29 is 5.11 Å². The highest BCUT2D eigenvalue weighted by atomic mass is 16.3. The van der Waals surface area contributed by atoms with E-state index < -0.39 is 0 Å². The molecule has 2 aromatic carbocycles. The Kier molecular flexibility index (Phi) is 5.56. The lowest BCUT2D eigenvalue weighted by atomic mass is 10.0.